The van der Waals surface area contributed by atoms with Gasteiger partial charge in [0.1, 0.15) is 0 Å². The summed E-state index contributed by atoms with van der Waals surface area (Å²) in [4.78, 5) is 0. The summed E-state index contributed by atoms with van der Waals surface area (Å²) in [6.07, 6.45) is 8.68. The number of benzene rings is 1. The van der Waals surface area contributed by atoms with E-state index in [2.05, 4.69) is 12.2 Å². The monoisotopic (exact) mass is 293 g/mol. The van der Waals surface area contributed by atoms with Crippen molar-refractivity contribution in [1.82, 2.24) is 5.32 Å². The van der Waals surface area contributed by atoms with Gasteiger partial charge in [0.15, 0.2) is 11.6 Å². The predicted octanol–water partition coefficient (Wildman–Crippen LogP) is 4.33. The number of methoxy groups -OCH3 is 1. The molecular weight excluding hydrogens is 265 g/mol. The zero-order valence-corrected chi connectivity index (χ0v) is 13.3. The van der Waals surface area contributed by atoms with Gasteiger partial charge in [0.2, 0.25) is 0 Å². The number of hydrogen-bond donors (Lipinski definition) is 1. The Hall–Kier alpha value is -1.09. The van der Waals surface area contributed by atoms with E-state index >= 15 is 0 Å². The Kier molecular flexibility index (Phi) is 6.50. The molecule has 0 heterocycles. The molecule has 0 bridgehead atoms. The predicted molar refractivity (Wildman–Crippen MR) is 85.3 cm³/mol. The SMILES string of the molecule is CCNC(CCC1CCCC1)Cc1cccc(OC)c1F. The molecule has 1 saturated carbocycles. The standard InChI is InChI=1S/C18H28FNO/c1-3-20-16(12-11-14-7-4-5-8-14)13-15-9-6-10-17(21-2)18(15)19/h6,9-10,14,16,20H,3-5,7-8,11-13H2,1-2H3. The van der Waals surface area contributed by atoms with Gasteiger partial charge in [-0.2, -0.15) is 0 Å². The van der Waals surface area contributed by atoms with Crippen molar-refractivity contribution in [3.05, 3.63) is 29.6 Å². The highest BCUT2D eigenvalue weighted by Crippen LogP contribution is 2.29. The summed E-state index contributed by atoms with van der Waals surface area (Å²) in [5.41, 5.74) is 0.756. The third-order valence-corrected chi connectivity index (χ3v) is 4.62. The molecule has 1 fully saturated rings. The van der Waals surface area contributed by atoms with E-state index in [1.54, 1.807) is 6.07 Å². The molecule has 2 rings (SSSR count). The first-order valence-electron chi connectivity index (χ1n) is 8.29. The van der Waals surface area contributed by atoms with Crippen molar-refractivity contribution in [1.29, 1.82) is 0 Å². The van der Waals surface area contributed by atoms with E-state index in [1.807, 2.05) is 12.1 Å². The summed E-state index contributed by atoms with van der Waals surface area (Å²) in [5, 5.41) is 3.51. The van der Waals surface area contributed by atoms with Gasteiger partial charge in [-0.1, -0.05) is 44.7 Å². The van der Waals surface area contributed by atoms with Crippen LogP contribution in [0.5, 0.6) is 5.75 Å². The van der Waals surface area contributed by atoms with E-state index in [0.717, 1.165) is 30.9 Å². The highest BCUT2D eigenvalue weighted by atomic mass is 19.1. The molecule has 1 aliphatic carbocycles. The van der Waals surface area contributed by atoms with E-state index in [9.17, 15) is 4.39 Å². The summed E-state index contributed by atoms with van der Waals surface area (Å²) in [6, 6.07) is 5.78. The van der Waals surface area contributed by atoms with Gasteiger partial charge < -0.3 is 10.1 Å². The molecule has 21 heavy (non-hydrogen) atoms. The second kappa shape index (κ2) is 8.38. The van der Waals surface area contributed by atoms with Crippen molar-refractivity contribution >= 4 is 0 Å². The zero-order valence-electron chi connectivity index (χ0n) is 13.3. The van der Waals surface area contributed by atoms with Gasteiger partial charge in [-0.3, -0.25) is 0 Å². The summed E-state index contributed by atoms with van der Waals surface area (Å²) < 4.78 is 19.3. The minimum absolute atomic E-state index is 0.205. The molecule has 1 unspecified atom stereocenters. The Morgan fingerprint density at radius 2 is 2.10 bits per heavy atom. The summed E-state index contributed by atoms with van der Waals surface area (Å²) in [6.45, 7) is 3.05. The molecule has 1 N–H and O–H groups in total. The first kappa shape index (κ1) is 16.3. The van der Waals surface area contributed by atoms with E-state index in [-0.39, 0.29) is 5.82 Å². The molecule has 1 aromatic carbocycles. The summed E-state index contributed by atoms with van der Waals surface area (Å²) in [5.74, 6) is 1.03. The van der Waals surface area contributed by atoms with Crippen LogP contribution in [0.25, 0.3) is 0 Å². The molecule has 118 valence electrons. The quantitative estimate of drug-likeness (QED) is 0.770. The molecular formula is C18H28FNO. The van der Waals surface area contributed by atoms with Gasteiger partial charge in [-0.15, -0.1) is 0 Å². The number of ether oxygens (including phenoxy) is 1. The second-order valence-electron chi connectivity index (χ2n) is 6.12. The van der Waals surface area contributed by atoms with Gasteiger partial charge in [0.25, 0.3) is 0 Å². The fourth-order valence-electron chi connectivity index (χ4n) is 3.44. The lowest BCUT2D eigenvalue weighted by atomic mass is 9.94. The Bertz CT molecular complexity index is 429. The van der Waals surface area contributed by atoms with Crippen LogP contribution in [-0.2, 0) is 6.42 Å². The number of nitrogens with one attached hydrogen (secondary N) is 1. The van der Waals surface area contributed by atoms with Gasteiger partial charge in [0, 0.05) is 6.04 Å². The van der Waals surface area contributed by atoms with Gasteiger partial charge >= 0.3 is 0 Å². The van der Waals surface area contributed by atoms with Crippen molar-refractivity contribution in [2.24, 2.45) is 5.92 Å². The van der Waals surface area contributed by atoms with Crippen LogP contribution in [0.1, 0.15) is 51.0 Å². The number of hydrogen-bond acceptors (Lipinski definition) is 2. The van der Waals surface area contributed by atoms with Crippen LogP contribution in [0.2, 0.25) is 0 Å². The molecule has 0 aliphatic heterocycles. The fourth-order valence-corrected chi connectivity index (χ4v) is 3.44. The number of likely N-dealkylation sites (N-methyl/N-ethyl adjacent to an activating group) is 1. The molecule has 0 aromatic heterocycles. The Morgan fingerprint density at radius 3 is 2.76 bits per heavy atom. The summed E-state index contributed by atoms with van der Waals surface area (Å²) in [7, 11) is 1.52. The van der Waals surface area contributed by atoms with Crippen molar-refractivity contribution in [2.45, 2.75) is 57.9 Å². The maximum absolute atomic E-state index is 14.3. The van der Waals surface area contributed by atoms with Crippen molar-refractivity contribution in [2.75, 3.05) is 13.7 Å². The fraction of sp³-hybridized carbons (Fsp3) is 0.667. The van der Waals surface area contributed by atoms with E-state index in [4.69, 9.17) is 4.74 Å². The summed E-state index contributed by atoms with van der Waals surface area (Å²) >= 11 is 0. The lowest BCUT2D eigenvalue weighted by Crippen LogP contribution is -2.31. The Labute approximate surface area is 128 Å². The van der Waals surface area contributed by atoms with Crippen LogP contribution in [0.3, 0.4) is 0 Å². The van der Waals surface area contributed by atoms with Crippen molar-refractivity contribution < 1.29 is 9.13 Å². The van der Waals surface area contributed by atoms with Gasteiger partial charge in [-0.25, -0.2) is 4.39 Å². The van der Waals surface area contributed by atoms with Crippen LogP contribution in [0.4, 0.5) is 4.39 Å². The molecule has 0 saturated heterocycles. The normalized spacial score (nSPS) is 17.1. The molecule has 0 spiro atoms. The highest BCUT2D eigenvalue weighted by molar-refractivity contribution is 5.31. The van der Waals surface area contributed by atoms with Gasteiger partial charge in [0.05, 0.1) is 7.11 Å². The second-order valence-corrected chi connectivity index (χ2v) is 6.12. The number of rotatable bonds is 8. The van der Waals surface area contributed by atoms with Crippen LogP contribution < -0.4 is 10.1 Å². The van der Waals surface area contributed by atoms with Crippen LogP contribution in [0.15, 0.2) is 18.2 Å². The molecule has 0 radical (unpaired) electrons. The zero-order chi connectivity index (χ0) is 15.1. The molecule has 1 aliphatic rings. The van der Waals surface area contributed by atoms with Crippen LogP contribution in [-0.4, -0.2) is 19.7 Å². The molecule has 0 amide bonds. The topological polar surface area (TPSA) is 21.3 Å². The first-order chi connectivity index (χ1) is 10.2. The lowest BCUT2D eigenvalue weighted by Gasteiger charge is -2.20. The molecule has 1 aromatic rings. The smallest absolute Gasteiger partial charge is 0.168 e. The van der Waals surface area contributed by atoms with Crippen molar-refractivity contribution in [3.63, 3.8) is 0 Å². The first-order valence-corrected chi connectivity index (χ1v) is 8.29. The van der Waals surface area contributed by atoms with Crippen LogP contribution >= 0.6 is 0 Å². The van der Waals surface area contributed by atoms with Crippen LogP contribution in [0, 0.1) is 11.7 Å². The minimum Gasteiger partial charge on any atom is -0.494 e. The van der Waals surface area contributed by atoms with E-state index in [0.29, 0.717) is 11.8 Å². The van der Waals surface area contributed by atoms with Crippen molar-refractivity contribution in [3.8, 4) is 5.75 Å². The molecule has 1 atom stereocenters. The third kappa shape index (κ3) is 4.70. The largest absolute Gasteiger partial charge is 0.494 e. The molecule has 3 heteroatoms. The minimum atomic E-state index is -0.205. The number of halogens is 1. The highest BCUT2D eigenvalue weighted by Gasteiger charge is 2.19. The average Bonchev–Trinajstić information content (AvgIpc) is 3.00. The maximum Gasteiger partial charge on any atom is 0.168 e. The maximum atomic E-state index is 14.3. The average molecular weight is 293 g/mol. The molecule has 2 nitrogen and oxygen atoms in total. The Balaban J connectivity index is 1.94. The van der Waals surface area contributed by atoms with E-state index in [1.165, 1.54) is 39.2 Å². The Morgan fingerprint density at radius 1 is 1.33 bits per heavy atom. The third-order valence-electron chi connectivity index (χ3n) is 4.62. The van der Waals surface area contributed by atoms with Gasteiger partial charge in [-0.05, 0) is 43.4 Å². The lowest BCUT2D eigenvalue weighted by molar-refractivity contribution is 0.377. The van der Waals surface area contributed by atoms with E-state index < -0.39 is 0 Å².